The molecule has 2 bridgehead atoms. The second-order valence-electron chi connectivity index (χ2n) is 36.3. The van der Waals surface area contributed by atoms with Gasteiger partial charge in [-0.1, -0.05) is 178 Å². The van der Waals surface area contributed by atoms with Gasteiger partial charge < -0.3 is 33.2 Å². The number of allylic oxidation sites excluding steroid dienone is 4. The van der Waals surface area contributed by atoms with Gasteiger partial charge in [-0.3, -0.25) is 0 Å². The molecule has 0 aromatic heterocycles. The fraction of sp³-hybridized carbons (Fsp3) is 0.697. The van der Waals surface area contributed by atoms with Gasteiger partial charge in [-0.15, -0.1) is 0 Å². The Kier molecular flexibility index (Phi) is 51.7. The van der Waals surface area contributed by atoms with Crippen molar-refractivity contribution in [2.24, 2.45) is 58.2 Å². The molecule has 5 heterocycles. The van der Waals surface area contributed by atoms with Crippen LogP contribution in [0.5, 0.6) is 0 Å². The van der Waals surface area contributed by atoms with Crippen LogP contribution < -0.4 is 0 Å². The van der Waals surface area contributed by atoms with Crippen molar-refractivity contribution in [2.45, 2.75) is 346 Å². The van der Waals surface area contributed by atoms with Gasteiger partial charge in [0, 0.05) is 38.5 Å². The number of hydrogen-bond donors (Lipinski definition) is 0. The van der Waals surface area contributed by atoms with Gasteiger partial charge in [-0.2, -0.15) is 0 Å². The number of halogens is 6. The van der Waals surface area contributed by atoms with Crippen molar-refractivity contribution in [3.63, 3.8) is 0 Å². The van der Waals surface area contributed by atoms with Gasteiger partial charge in [0.2, 0.25) is 0 Å². The van der Waals surface area contributed by atoms with Crippen LogP contribution in [0.2, 0.25) is 0 Å². The maximum Gasteiger partial charge on any atom is 0.161 e. The molecule has 5 aliphatic heterocycles. The SMILES string of the molecule is CC12CCC(C)(CC1)CC2.CC1=C(F)CC(C)CC1.CC1=CCC(C)CC1.CC1=CCC(C)OC1.CC1CCC(C)CC1.CC1CCC(C)OC1.CC1CCC(C)OC1.CC1COC(C)OC1.CC1COC(C)OC1.Cc1cc(F)c(C)c(F)c1.Cc1ccc(C)c(F)c1.Cc1ccc(C)c(F)c1F.Cc1ccc(C)cc1.[HH]. The second kappa shape index (κ2) is 55.9. The molecule has 7 unspecified atom stereocenters. The van der Waals surface area contributed by atoms with Crippen LogP contribution >= 0.6 is 0 Å². The number of rotatable bonds is 0. The minimum atomic E-state index is -0.736. The van der Waals surface area contributed by atoms with Gasteiger partial charge in [0.15, 0.2) is 24.2 Å². The van der Waals surface area contributed by atoms with Gasteiger partial charge >= 0.3 is 0 Å². The van der Waals surface area contributed by atoms with Crippen LogP contribution in [-0.2, 0) is 33.2 Å². The van der Waals surface area contributed by atoms with E-state index in [9.17, 15) is 26.3 Å². The molecule has 642 valence electrons. The van der Waals surface area contributed by atoms with Gasteiger partial charge in [0.25, 0.3) is 0 Å². The Balaban J connectivity index is 0.000000612. The van der Waals surface area contributed by atoms with Crippen molar-refractivity contribution in [3.05, 3.63) is 175 Å². The maximum atomic E-state index is 12.7. The van der Waals surface area contributed by atoms with Crippen LogP contribution in [0.3, 0.4) is 0 Å². The monoisotopic (exact) mass is 1580 g/mol. The van der Waals surface area contributed by atoms with E-state index in [1.165, 1.54) is 171 Å². The summed E-state index contributed by atoms with van der Waals surface area (Å²) in [6.45, 7) is 59.5. The first-order valence-corrected chi connectivity index (χ1v) is 43.1. The summed E-state index contributed by atoms with van der Waals surface area (Å²) in [5.41, 5.74) is 11.2. The lowest BCUT2D eigenvalue weighted by Gasteiger charge is -2.50. The van der Waals surface area contributed by atoms with E-state index in [0.29, 0.717) is 64.7 Å². The van der Waals surface area contributed by atoms with Crippen molar-refractivity contribution in [1.82, 2.24) is 0 Å². The van der Waals surface area contributed by atoms with Crippen LogP contribution in [0.1, 0.15) is 305 Å². The molecular weight excluding hydrogens is 1420 g/mol. The largest absolute Gasteiger partial charge is 0.378 e. The summed E-state index contributed by atoms with van der Waals surface area (Å²) < 4.78 is 112. The van der Waals surface area contributed by atoms with Crippen LogP contribution in [0.15, 0.2) is 101 Å². The first kappa shape index (κ1) is 103. The molecule has 15 rings (SSSR count). The molecule has 0 spiro atoms. The lowest BCUT2D eigenvalue weighted by Crippen LogP contribution is -2.37. The Hall–Kier alpha value is -4.60. The third-order valence-corrected chi connectivity index (χ3v) is 23.0. The summed E-state index contributed by atoms with van der Waals surface area (Å²) in [5, 5.41) is 0. The van der Waals surface area contributed by atoms with Crippen molar-refractivity contribution in [1.29, 1.82) is 0 Å². The number of fused-ring (bicyclic) bond motifs is 3. The molecule has 4 aromatic carbocycles. The molecule has 13 heteroatoms. The van der Waals surface area contributed by atoms with E-state index in [0.717, 1.165) is 111 Å². The van der Waals surface area contributed by atoms with Crippen molar-refractivity contribution < 1.29 is 60.9 Å². The zero-order valence-electron chi connectivity index (χ0n) is 75.4. The summed E-state index contributed by atoms with van der Waals surface area (Å²) in [6, 6.07) is 19.5. The Labute approximate surface area is 682 Å². The Morgan fingerprint density at radius 1 is 0.321 bits per heavy atom. The van der Waals surface area contributed by atoms with E-state index in [1.54, 1.807) is 37.6 Å². The Morgan fingerprint density at radius 3 is 0.973 bits per heavy atom. The van der Waals surface area contributed by atoms with E-state index in [-0.39, 0.29) is 31.2 Å². The van der Waals surface area contributed by atoms with E-state index < -0.39 is 23.3 Å². The summed E-state index contributed by atoms with van der Waals surface area (Å²) in [7, 11) is 0. The summed E-state index contributed by atoms with van der Waals surface area (Å²) in [6.07, 6.45) is 34.2. The first-order chi connectivity index (χ1) is 52.6. The zero-order valence-corrected chi connectivity index (χ0v) is 75.4. The maximum absolute atomic E-state index is 12.7. The summed E-state index contributed by atoms with van der Waals surface area (Å²) in [4.78, 5) is 0. The normalized spacial score (nSPS) is 28.8. The first-order valence-electron chi connectivity index (χ1n) is 43.1. The molecule has 112 heavy (non-hydrogen) atoms. The van der Waals surface area contributed by atoms with Gasteiger partial charge in [-0.25, -0.2) is 26.3 Å². The lowest BCUT2D eigenvalue weighted by atomic mass is 9.55. The smallest absolute Gasteiger partial charge is 0.161 e. The molecule has 7 atom stereocenters. The molecule has 4 saturated heterocycles. The molecule has 4 aromatic rings. The van der Waals surface area contributed by atoms with Crippen LogP contribution in [0.25, 0.3) is 0 Å². The highest BCUT2D eigenvalue weighted by Gasteiger charge is 2.43. The van der Waals surface area contributed by atoms with E-state index in [2.05, 4.69) is 154 Å². The van der Waals surface area contributed by atoms with Gasteiger partial charge in [0.1, 0.15) is 17.5 Å². The average Bonchev–Trinajstić information content (AvgIpc) is 0.785. The highest BCUT2D eigenvalue weighted by Crippen LogP contribution is 2.56. The summed E-state index contributed by atoms with van der Waals surface area (Å²) >= 11 is 0. The van der Waals surface area contributed by atoms with Gasteiger partial charge in [0.05, 0.1) is 57.2 Å². The standard InChI is InChI=1S/C10H18.2C8H8F2.C8H13F.C8H9F.C8H16.C8H14.C8H10.2C7H14O.C7H12O.2C6H12O2.H2/c1-9-3-6-10(2,7-4-9)8-5-9;1-5-3-7(9)6(2)8(10)4-5;1-5-3-4-6(2)8(10)7(5)9;2*1-6-3-4-7(2)8(9)5-6;3*1-7-3-5-8(2)6-4-7;3*1-6-3-4-7(2)8-5-6;2*1-5-3-7-6(2)8-4-5;/h3-8H2,1-2H3;2*3-4H,1-2H3;6H,3-5H2,1-2H3;3-5H,1-2H3;7-8H,3-6H2,1-2H3;3,8H,4-6H2,1-2H3;3-6H,1-2H3;2*6-7H,3-5H2,1-2H3;3,7H,4-5H2,1-2H3;2*5-6H,3-4H2,1-2H3;1H. The van der Waals surface area contributed by atoms with E-state index in [4.69, 9.17) is 33.2 Å². The molecule has 4 saturated carbocycles. The highest BCUT2D eigenvalue weighted by molar-refractivity contribution is 5.25. The Bertz CT molecular complexity index is 2950. The Morgan fingerprint density at radius 2 is 0.679 bits per heavy atom. The fourth-order valence-electron chi connectivity index (χ4n) is 13.3. The number of aryl methyl sites for hydroxylation is 7. The highest BCUT2D eigenvalue weighted by atomic mass is 19.2. The van der Waals surface area contributed by atoms with E-state index in [1.807, 2.05) is 33.8 Å². The van der Waals surface area contributed by atoms with Crippen molar-refractivity contribution >= 4 is 0 Å². The van der Waals surface area contributed by atoms with Crippen LogP contribution in [-0.4, -0.2) is 77.1 Å². The van der Waals surface area contributed by atoms with Crippen LogP contribution in [0.4, 0.5) is 26.3 Å². The molecule has 0 radical (unpaired) electrons. The molecule has 8 fully saturated rings. The number of benzene rings is 4. The van der Waals surface area contributed by atoms with Gasteiger partial charge in [-0.05, 0) is 311 Å². The molecular formula is C99H162F6O7. The molecule has 0 N–H and O–H groups in total. The predicted molar refractivity (Wildman–Crippen MR) is 462 cm³/mol. The molecule has 6 aliphatic carbocycles. The fourth-order valence-corrected chi connectivity index (χ4v) is 13.3. The van der Waals surface area contributed by atoms with Crippen molar-refractivity contribution in [2.75, 3.05) is 46.2 Å². The van der Waals surface area contributed by atoms with Crippen LogP contribution in [0, 0.1) is 143 Å². The van der Waals surface area contributed by atoms with Crippen molar-refractivity contribution in [3.8, 4) is 0 Å². The number of hydrogen-bond acceptors (Lipinski definition) is 7. The topological polar surface area (TPSA) is 64.6 Å². The second-order valence-corrected chi connectivity index (χ2v) is 36.3. The molecule has 11 aliphatic rings. The minimum absolute atomic E-state index is 0. The van der Waals surface area contributed by atoms with E-state index >= 15 is 0 Å². The third kappa shape index (κ3) is 47.6. The average molecular weight is 1580 g/mol. The predicted octanol–water partition coefficient (Wildman–Crippen LogP) is 29.6. The lowest BCUT2D eigenvalue weighted by molar-refractivity contribution is -0.187. The summed E-state index contributed by atoms with van der Waals surface area (Å²) in [5.74, 6) is 3.89. The number of ether oxygens (including phenoxy) is 7. The quantitative estimate of drug-likeness (QED) is 0.128. The molecule has 7 nitrogen and oxygen atoms in total. The minimum Gasteiger partial charge on any atom is -0.378 e. The zero-order chi connectivity index (χ0) is 84.3. The molecule has 0 amide bonds. The third-order valence-electron chi connectivity index (χ3n) is 23.0.